The van der Waals surface area contributed by atoms with Gasteiger partial charge in [0.25, 0.3) is 5.91 Å². The van der Waals surface area contributed by atoms with Gasteiger partial charge in [0.15, 0.2) is 0 Å². The van der Waals surface area contributed by atoms with E-state index >= 15 is 0 Å². The standard InChI is InChI=1S/C12H16N2O3/c13-7-10-3-1-2-6-14(10)12(16)9-4-5-11(15)17-8-9/h4-5,8,10H,1-3,6-7,13H2. The highest BCUT2D eigenvalue weighted by Gasteiger charge is 2.26. The Hall–Kier alpha value is -1.62. The molecular formula is C12H16N2O3. The van der Waals surface area contributed by atoms with Crippen molar-refractivity contribution >= 4 is 5.91 Å². The first kappa shape index (κ1) is 11.9. The van der Waals surface area contributed by atoms with Crippen molar-refractivity contribution in [2.24, 2.45) is 5.73 Å². The lowest BCUT2D eigenvalue weighted by molar-refractivity contribution is 0.0620. The van der Waals surface area contributed by atoms with E-state index in [1.807, 2.05) is 0 Å². The second-order valence-corrected chi connectivity index (χ2v) is 4.23. The zero-order valence-corrected chi connectivity index (χ0v) is 9.59. The number of hydrogen-bond donors (Lipinski definition) is 1. The summed E-state index contributed by atoms with van der Waals surface area (Å²) in [4.78, 5) is 24.8. The molecule has 1 aromatic heterocycles. The lowest BCUT2D eigenvalue weighted by atomic mass is 10.0. The quantitative estimate of drug-likeness (QED) is 0.815. The molecule has 2 rings (SSSR count). The number of piperidine rings is 1. The third kappa shape index (κ3) is 2.55. The van der Waals surface area contributed by atoms with E-state index in [0.717, 1.165) is 25.8 Å². The van der Waals surface area contributed by atoms with Gasteiger partial charge < -0.3 is 15.1 Å². The van der Waals surface area contributed by atoms with Crippen molar-refractivity contribution in [3.05, 3.63) is 34.4 Å². The number of hydrogen-bond acceptors (Lipinski definition) is 4. The highest BCUT2D eigenvalue weighted by Crippen LogP contribution is 2.18. The minimum absolute atomic E-state index is 0.100. The minimum Gasteiger partial charge on any atom is -0.430 e. The lowest BCUT2D eigenvalue weighted by Gasteiger charge is -2.34. The number of rotatable bonds is 2. The Morgan fingerprint density at radius 2 is 2.29 bits per heavy atom. The van der Waals surface area contributed by atoms with E-state index in [1.54, 1.807) is 4.90 Å². The third-order valence-corrected chi connectivity index (χ3v) is 3.11. The molecule has 0 radical (unpaired) electrons. The molecule has 5 nitrogen and oxygen atoms in total. The van der Waals surface area contributed by atoms with Gasteiger partial charge in [-0.05, 0) is 25.3 Å². The number of carbonyl (C=O) groups excluding carboxylic acids is 1. The summed E-state index contributed by atoms with van der Waals surface area (Å²) in [5.41, 5.74) is 5.63. The first-order valence-corrected chi connectivity index (χ1v) is 5.82. The molecule has 0 aliphatic carbocycles. The van der Waals surface area contributed by atoms with Crippen LogP contribution in [-0.4, -0.2) is 29.9 Å². The van der Waals surface area contributed by atoms with Crippen molar-refractivity contribution in [3.8, 4) is 0 Å². The molecule has 1 saturated heterocycles. The van der Waals surface area contributed by atoms with Crippen molar-refractivity contribution < 1.29 is 9.21 Å². The average molecular weight is 236 g/mol. The van der Waals surface area contributed by atoms with Crippen molar-refractivity contribution in [2.75, 3.05) is 13.1 Å². The molecule has 1 unspecified atom stereocenters. The molecule has 2 N–H and O–H groups in total. The molecule has 0 saturated carbocycles. The topological polar surface area (TPSA) is 76.5 Å². The number of nitrogens with two attached hydrogens (primary N) is 1. The Morgan fingerprint density at radius 1 is 1.47 bits per heavy atom. The number of carbonyl (C=O) groups is 1. The summed E-state index contributed by atoms with van der Waals surface area (Å²) >= 11 is 0. The summed E-state index contributed by atoms with van der Waals surface area (Å²) in [5.74, 6) is -0.107. The van der Waals surface area contributed by atoms with E-state index in [0.29, 0.717) is 12.1 Å². The van der Waals surface area contributed by atoms with E-state index in [4.69, 9.17) is 10.2 Å². The lowest BCUT2D eigenvalue weighted by Crippen LogP contribution is -2.47. The maximum atomic E-state index is 12.2. The highest BCUT2D eigenvalue weighted by molar-refractivity contribution is 5.94. The second kappa shape index (κ2) is 5.14. The molecule has 0 spiro atoms. The molecule has 1 amide bonds. The molecule has 0 bridgehead atoms. The van der Waals surface area contributed by atoms with Gasteiger partial charge in [-0.3, -0.25) is 4.79 Å². The fraction of sp³-hybridized carbons (Fsp3) is 0.500. The van der Waals surface area contributed by atoms with Gasteiger partial charge in [-0.25, -0.2) is 4.79 Å². The molecule has 5 heteroatoms. The van der Waals surface area contributed by atoms with Crippen LogP contribution in [0.4, 0.5) is 0 Å². The average Bonchev–Trinajstić information content (AvgIpc) is 2.39. The van der Waals surface area contributed by atoms with Crippen LogP contribution in [0.15, 0.2) is 27.6 Å². The Kier molecular flexibility index (Phi) is 3.58. The Morgan fingerprint density at radius 3 is 2.94 bits per heavy atom. The van der Waals surface area contributed by atoms with Gasteiger partial charge in [0.1, 0.15) is 6.26 Å². The predicted molar refractivity (Wildman–Crippen MR) is 62.7 cm³/mol. The molecule has 2 heterocycles. The summed E-state index contributed by atoms with van der Waals surface area (Å²) in [6.45, 7) is 1.20. The van der Waals surface area contributed by atoms with Gasteiger partial charge in [-0.2, -0.15) is 0 Å². The van der Waals surface area contributed by atoms with Crippen molar-refractivity contribution in [3.63, 3.8) is 0 Å². The zero-order valence-electron chi connectivity index (χ0n) is 9.59. The maximum absolute atomic E-state index is 12.2. The first-order chi connectivity index (χ1) is 8.22. The van der Waals surface area contributed by atoms with E-state index in [9.17, 15) is 9.59 Å². The number of amides is 1. The molecule has 1 aliphatic rings. The molecule has 92 valence electrons. The highest BCUT2D eigenvalue weighted by atomic mass is 16.4. The van der Waals surface area contributed by atoms with E-state index in [-0.39, 0.29) is 11.9 Å². The van der Waals surface area contributed by atoms with Crippen LogP contribution in [0.25, 0.3) is 0 Å². The molecule has 17 heavy (non-hydrogen) atoms. The third-order valence-electron chi connectivity index (χ3n) is 3.11. The summed E-state index contributed by atoms with van der Waals surface area (Å²) in [6.07, 6.45) is 4.26. The van der Waals surface area contributed by atoms with Crippen LogP contribution in [0.1, 0.15) is 29.6 Å². The Balaban J connectivity index is 2.18. The zero-order chi connectivity index (χ0) is 12.3. The monoisotopic (exact) mass is 236 g/mol. The van der Waals surface area contributed by atoms with Gasteiger partial charge >= 0.3 is 5.63 Å². The summed E-state index contributed by atoms with van der Waals surface area (Å²) in [5, 5.41) is 0. The van der Waals surface area contributed by atoms with Gasteiger partial charge in [-0.15, -0.1) is 0 Å². The summed E-state index contributed by atoms with van der Waals surface area (Å²) in [6, 6.07) is 2.86. The van der Waals surface area contributed by atoms with E-state index in [2.05, 4.69) is 0 Å². The summed E-state index contributed by atoms with van der Waals surface area (Å²) < 4.78 is 4.70. The first-order valence-electron chi connectivity index (χ1n) is 5.82. The second-order valence-electron chi connectivity index (χ2n) is 4.23. The van der Waals surface area contributed by atoms with Crippen molar-refractivity contribution in [1.82, 2.24) is 4.90 Å². The Labute approximate surface area is 99.2 Å². The van der Waals surface area contributed by atoms with Crippen LogP contribution in [0.3, 0.4) is 0 Å². The molecule has 1 fully saturated rings. The molecule has 1 aliphatic heterocycles. The smallest absolute Gasteiger partial charge is 0.335 e. The number of nitrogens with zero attached hydrogens (tertiary/aromatic N) is 1. The van der Waals surface area contributed by atoms with Crippen LogP contribution in [0.5, 0.6) is 0 Å². The van der Waals surface area contributed by atoms with Crippen LogP contribution >= 0.6 is 0 Å². The van der Waals surface area contributed by atoms with Crippen LogP contribution in [0, 0.1) is 0 Å². The fourth-order valence-corrected chi connectivity index (χ4v) is 2.16. The van der Waals surface area contributed by atoms with Crippen molar-refractivity contribution in [2.45, 2.75) is 25.3 Å². The van der Waals surface area contributed by atoms with Gasteiger partial charge in [-0.1, -0.05) is 0 Å². The molecule has 1 aromatic rings. The van der Waals surface area contributed by atoms with Gasteiger partial charge in [0.05, 0.1) is 5.56 Å². The fourth-order valence-electron chi connectivity index (χ4n) is 2.16. The molecular weight excluding hydrogens is 220 g/mol. The largest absolute Gasteiger partial charge is 0.430 e. The Bertz CT molecular complexity index is 435. The maximum Gasteiger partial charge on any atom is 0.335 e. The minimum atomic E-state index is -0.449. The van der Waals surface area contributed by atoms with Crippen molar-refractivity contribution in [1.29, 1.82) is 0 Å². The molecule has 1 atom stereocenters. The van der Waals surface area contributed by atoms with Gasteiger partial charge in [0.2, 0.25) is 0 Å². The molecule has 0 aromatic carbocycles. The van der Waals surface area contributed by atoms with Crippen LogP contribution in [-0.2, 0) is 0 Å². The van der Waals surface area contributed by atoms with Gasteiger partial charge in [0, 0.05) is 25.2 Å². The predicted octanol–water partition coefficient (Wildman–Crippen LogP) is 0.593. The summed E-state index contributed by atoms with van der Waals surface area (Å²) in [7, 11) is 0. The van der Waals surface area contributed by atoms with E-state index < -0.39 is 5.63 Å². The SMILES string of the molecule is NCC1CCCCN1C(=O)c1ccc(=O)oc1. The van der Waals surface area contributed by atoms with Crippen LogP contribution in [0.2, 0.25) is 0 Å². The number of likely N-dealkylation sites (tertiary alicyclic amines) is 1. The van der Waals surface area contributed by atoms with E-state index in [1.165, 1.54) is 18.4 Å². The van der Waals surface area contributed by atoms with Crippen LogP contribution < -0.4 is 11.4 Å². The normalized spacial score (nSPS) is 20.3.